The Morgan fingerprint density at radius 2 is 1.86 bits per heavy atom. The fraction of sp³-hybridized carbons (Fsp3) is 0.250. The molecule has 0 spiro atoms. The molecule has 0 unspecified atom stereocenters. The van der Waals surface area contributed by atoms with Crippen molar-refractivity contribution in [2.24, 2.45) is 0 Å². The molecule has 0 fully saturated rings. The third kappa shape index (κ3) is 3.88. The largest absolute Gasteiger partial charge is 0.497 e. The first-order valence-electron chi connectivity index (χ1n) is 6.83. The van der Waals surface area contributed by atoms with Crippen LogP contribution in [0.1, 0.15) is 18.5 Å². The second-order valence-corrected chi connectivity index (χ2v) is 4.67. The molecule has 1 heterocycles. The molecule has 6 heteroatoms. The molecule has 22 heavy (non-hydrogen) atoms. The van der Waals surface area contributed by atoms with E-state index in [1.807, 2.05) is 19.1 Å². The highest BCUT2D eigenvalue weighted by Crippen LogP contribution is 2.28. The Labute approximate surface area is 129 Å². The van der Waals surface area contributed by atoms with Gasteiger partial charge in [0.05, 0.1) is 25.9 Å². The molecule has 2 aromatic rings. The molecule has 1 aromatic heterocycles. The van der Waals surface area contributed by atoms with Crippen molar-refractivity contribution in [1.82, 2.24) is 10.3 Å². The number of rotatable bonds is 5. The fourth-order valence-corrected chi connectivity index (χ4v) is 2.00. The molecule has 0 bridgehead atoms. The Morgan fingerprint density at radius 1 is 1.14 bits per heavy atom. The lowest BCUT2D eigenvalue weighted by atomic mass is 10.1. The lowest BCUT2D eigenvalue weighted by Gasteiger charge is -2.16. The molecule has 2 amide bonds. The Morgan fingerprint density at radius 3 is 2.50 bits per heavy atom. The number of amides is 2. The maximum absolute atomic E-state index is 12.1. The van der Waals surface area contributed by atoms with Gasteiger partial charge in [0, 0.05) is 18.5 Å². The van der Waals surface area contributed by atoms with E-state index in [1.165, 1.54) is 0 Å². The number of carbonyl (C=O) groups is 1. The minimum atomic E-state index is -0.323. The van der Waals surface area contributed by atoms with Crippen molar-refractivity contribution in [3.05, 3.63) is 48.3 Å². The minimum Gasteiger partial charge on any atom is -0.497 e. The van der Waals surface area contributed by atoms with E-state index in [1.54, 1.807) is 44.8 Å². The number of ether oxygens (including phenoxy) is 2. The molecular weight excluding hydrogens is 282 g/mol. The second kappa shape index (κ2) is 7.31. The molecule has 116 valence electrons. The van der Waals surface area contributed by atoms with Crippen LogP contribution in [0.4, 0.5) is 10.5 Å². The summed E-state index contributed by atoms with van der Waals surface area (Å²) >= 11 is 0. The number of nitrogens with zero attached hydrogens (tertiary/aromatic N) is 1. The number of benzene rings is 1. The molecular formula is C16H19N3O3. The lowest BCUT2D eigenvalue weighted by molar-refractivity contribution is 0.249. The van der Waals surface area contributed by atoms with Crippen molar-refractivity contribution < 1.29 is 14.3 Å². The number of hydrogen-bond donors (Lipinski definition) is 2. The molecule has 0 saturated carbocycles. The van der Waals surface area contributed by atoms with Crippen molar-refractivity contribution in [2.75, 3.05) is 19.5 Å². The van der Waals surface area contributed by atoms with Crippen LogP contribution in [0.5, 0.6) is 11.5 Å². The Hall–Kier alpha value is -2.76. The third-order valence-electron chi connectivity index (χ3n) is 3.21. The number of methoxy groups -OCH3 is 2. The highest BCUT2D eigenvalue weighted by atomic mass is 16.5. The molecule has 1 aromatic carbocycles. The SMILES string of the molecule is COc1ccc(OC)c(NC(=O)N[C@H](C)c2ccncc2)c1. The van der Waals surface area contributed by atoms with Gasteiger partial charge in [0.1, 0.15) is 11.5 Å². The molecule has 2 N–H and O–H groups in total. The first kappa shape index (κ1) is 15.6. The van der Waals surface area contributed by atoms with E-state index < -0.39 is 0 Å². The number of urea groups is 1. The van der Waals surface area contributed by atoms with Crippen molar-refractivity contribution in [3.63, 3.8) is 0 Å². The van der Waals surface area contributed by atoms with Gasteiger partial charge in [-0.3, -0.25) is 4.98 Å². The smallest absolute Gasteiger partial charge is 0.319 e. The van der Waals surface area contributed by atoms with Crippen LogP contribution in [0.25, 0.3) is 0 Å². The average Bonchev–Trinajstić information content (AvgIpc) is 2.55. The zero-order valence-electron chi connectivity index (χ0n) is 12.8. The van der Waals surface area contributed by atoms with E-state index >= 15 is 0 Å². The summed E-state index contributed by atoms with van der Waals surface area (Å²) in [7, 11) is 3.11. The summed E-state index contributed by atoms with van der Waals surface area (Å²) in [5.74, 6) is 1.20. The summed E-state index contributed by atoms with van der Waals surface area (Å²) in [6, 6.07) is 8.46. The summed E-state index contributed by atoms with van der Waals surface area (Å²) < 4.78 is 10.4. The van der Waals surface area contributed by atoms with Crippen LogP contribution in [0.15, 0.2) is 42.7 Å². The van der Waals surface area contributed by atoms with Gasteiger partial charge >= 0.3 is 6.03 Å². The number of pyridine rings is 1. The highest BCUT2D eigenvalue weighted by Gasteiger charge is 2.12. The molecule has 6 nitrogen and oxygen atoms in total. The van der Waals surface area contributed by atoms with Crippen LogP contribution in [-0.2, 0) is 0 Å². The van der Waals surface area contributed by atoms with Crippen molar-refractivity contribution in [3.8, 4) is 11.5 Å². The summed E-state index contributed by atoms with van der Waals surface area (Å²) in [6.45, 7) is 1.90. The van der Waals surface area contributed by atoms with E-state index in [2.05, 4.69) is 15.6 Å². The molecule has 0 radical (unpaired) electrons. The number of nitrogens with one attached hydrogen (secondary N) is 2. The Bertz CT molecular complexity index is 632. The fourth-order valence-electron chi connectivity index (χ4n) is 2.00. The molecule has 0 aliphatic rings. The van der Waals surface area contributed by atoms with Gasteiger partial charge in [0.2, 0.25) is 0 Å². The number of aromatic nitrogens is 1. The first-order chi connectivity index (χ1) is 10.6. The molecule has 0 saturated heterocycles. The Kier molecular flexibility index (Phi) is 5.19. The number of carbonyl (C=O) groups excluding carboxylic acids is 1. The van der Waals surface area contributed by atoms with E-state index in [4.69, 9.17) is 9.47 Å². The number of anilines is 1. The quantitative estimate of drug-likeness (QED) is 0.890. The summed E-state index contributed by atoms with van der Waals surface area (Å²) in [5.41, 5.74) is 1.52. The van der Waals surface area contributed by atoms with Crippen LogP contribution in [0, 0.1) is 0 Å². The van der Waals surface area contributed by atoms with E-state index in [9.17, 15) is 4.79 Å². The monoisotopic (exact) mass is 301 g/mol. The van der Waals surface area contributed by atoms with Crippen LogP contribution >= 0.6 is 0 Å². The predicted molar refractivity (Wildman–Crippen MR) is 84.4 cm³/mol. The molecule has 2 rings (SSSR count). The average molecular weight is 301 g/mol. The molecule has 0 aliphatic heterocycles. The van der Waals surface area contributed by atoms with Gasteiger partial charge in [0.25, 0.3) is 0 Å². The summed E-state index contributed by atoms with van der Waals surface area (Å²) in [5, 5.41) is 5.63. The highest BCUT2D eigenvalue weighted by molar-refractivity contribution is 5.91. The van der Waals surface area contributed by atoms with Gasteiger partial charge in [0.15, 0.2) is 0 Å². The zero-order chi connectivity index (χ0) is 15.9. The van der Waals surface area contributed by atoms with Gasteiger partial charge in [-0.2, -0.15) is 0 Å². The minimum absolute atomic E-state index is 0.139. The van der Waals surface area contributed by atoms with E-state index in [-0.39, 0.29) is 12.1 Å². The molecule has 1 atom stereocenters. The van der Waals surface area contributed by atoms with Crippen LogP contribution < -0.4 is 20.1 Å². The molecule has 0 aliphatic carbocycles. The van der Waals surface area contributed by atoms with Crippen LogP contribution in [0.3, 0.4) is 0 Å². The van der Waals surface area contributed by atoms with Gasteiger partial charge in [-0.15, -0.1) is 0 Å². The number of hydrogen-bond acceptors (Lipinski definition) is 4. The maximum Gasteiger partial charge on any atom is 0.319 e. The van der Waals surface area contributed by atoms with E-state index in [0.29, 0.717) is 17.2 Å². The van der Waals surface area contributed by atoms with Gasteiger partial charge < -0.3 is 20.1 Å². The first-order valence-corrected chi connectivity index (χ1v) is 6.83. The standard InChI is InChI=1S/C16H19N3O3/c1-11(12-6-8-17-9-7-12)18-16(20)19-14-10-13(21-2)4-5-15(14)22-3/h4-11H,1-3H3,(H2,18,19,20)/t11-/m1/s1. The zero-order valence-corrected chi connectivity index (χ0v) is 12.8. The van der Waals surface area contributed by atoms with Crippen molar-refractivity contribution >= 4 is 11.7 Å². The topological polar surface area (TPSA) is 72.5 Å². The maximum atomic E-state index is 12.1. The lowest BCUT2D eigenvalue weighted by Crippen LogP contribution is -2.31. The summed E-state index contributed by atoms with van der Waals surface area (Å²) in [4.78, 5) is 16.1. The van der Waals surface area contributed by atoms with Crippen molar-refractivity contribution in [1.29, 1.82) is 0 Å². The Balaban J connectivity index is 2.05. The van der Waals surface area contributed by atoms with Crippen LogP contribution in [0.2, 0.25) is 0 Å². The van der Waals surface area contributed by atoms with Gasteiger partial charge in [-0.05, 0) is 36.8 Å². The summed E-state index contributed by atoms with van der Waals surface area (Å²) in [6.07, 6.45) is 3.38. The van der Waals surface area contributed by atoms with Crippen molar-refractivity contribution in [2.45, 2.75) is 13.0 Å². The normalized spacial score (nSPS) is 11.4. The van der Waals surface area contributed by atoms with Crippen LogP contribution in [-0.4, -0.2) is 25.2 Å². The second-order valence-electron chi connectivity index (χ2n) is 4.67. The van der Waals surface area contributed by atoms with E-state index in [0.717, 1.165) is 5.56 Å². The van der Waals surface area contributed by atoms with Gasteiger partial charge in [-0.1, -0.05) is 0 Å². The third-order valence-corrected chi connectivity index (χ3v) is 3.21. The van der Waals surface area contributed by atoms with Gasteiger partial charge in [-0.25, -0.2) is 4.79 Å². The predicted octanol–water partition coefficient (Wildman–Crippen LogP) is 2.98.